The Morgan fingerprint density at radius 3 is 1.62 bits per heavy atom. The normalized spacial score (nSPS) is 21.6. The Balaban J connectivity index is 0.000000273. The summed E-state index contributed by atoms with van der Waals surface area (Å²) in [5.74, 6) is 6.19. The summed E-state index contributed by atoms with van der Waals surface area (Å²) in [7, 11) is 13.8. The number of hydrogen-bond donors (Lipinski definition) is 0. The molecule has 0 radical (unpaired) electrons. The van der Waals surface area contributed by atoms with Gasteiger partial charge < -0.3 is 34.0 Å². The number of carbonyl (C=O) groups is 2. The van der Waals surface area contributed by atoms with E-state index in [-0.39, 0.29) is 11.9 Å². The first-order chi connectivity index (χ1) is 27.7. The predicted molar refractivity (Wildman–Crippen MR) is 244 cm³/mol. The van der Waals surface area contributed by atoms with Crippen molar-refractivity contribution in [3.63, 3.8) is 0 Å². The highest BCUT2D eigenvalue weighted by Gasteiger charge is 2.30. The Hall–Kier alpha value is -3.14. The van der Waals surface area contributed by atoms with Crippen molar-refractivity contribution in [2.75, 3.05) is 105 Å². The fourth-order valence-corrected chi connectivity index (χ4v) is 9.66. The van der Waals surface area contributed by atoms with Gasteiger partial charge in [0, 0.05) is 78.3 Å². The van der Waals surface area contributed by atoms with Crippen LogP contribution in [0.5, 0.6) is 0 Å². The van der Waals surface area contributed by atoms with E-state index >= 15 is 0 Å². The van der Waals surface area contributed by atoms with E-state index in [0.717, 1.165) is 78.4 Å². The molecular formula is C47H73BrN6O4. The van der Waals surface area contributed by atoms with Gasteiger partial charge in [-0.25, -0.2) is 9.59 Å². The van der Waals surface area contributed by atoms with Crippen molar-refractivity contribution in [1.29, 1.82) is 0 Å². The standard InChI is InChI=1S/C28H44N4O2.C19H29BrN2O2/c1-7-32(25-13-11-24(12-14-25)29(3)4)27-21-23(20-26(22(27)2)28(33)34-6)10-8-16-31-17-9-15-30(5)18-19-31;1-6-22(16-9-7-15(8-10-16)21(3)4)18-12-14(20)11-17(13(18)2)19(23)24-5/h20-21,24-25H,7,9,11-19H2,1-6H3;11-12,15-16H,6-10H2,1-5H3. The van der Waals surface area contributed by atoms with E-state index in [0.29, 0.717) is 35.3 Å². The van der Waals surface area contributed by atoms with E-state index in [2.05, 4.69) is 118 Å². The third-order valence-electron chi connectivity index (χ3n) is 12.9. The molecule has 0 bridgehead atoms. The van der Waals surface area contributed by atoms with Crippen molar-refractivity contribution < 1.29 is 19.1 Å². The van der Waals surface area contributed by atoms with Gasteiger partial charge in [0.2, 0.25) is 0 Å². The van der Waals surface area contributed by atoms with Gasteiger partial charge in [0.1, 0.15) is 0 Å². The maximum absolute atomic E-state index is 12.6. The summed E-state index contributed by atoms with van der Waals surface area (Å²) >= 11 is 3.55. The number of ether oxygens (including phenoxy) is 2. The maximum Gasteiger partial charge on any atom is 0.338 e. The second-order valence-electron chi connectivity index (χ2n) is 16.9. The van der Waals surface area contributed by atoms with Gasteiger partial charge in [-0.2, -0.15) is 0 Å². The van der Waals surface area contributed by atoms with Crippen LogP contribution in [-0.2, 0) is 9.47 Å². The molecule has 3 aliphatic rings. The maximum atomic E-state index is 12.6. The van der Waals surface area contributed by atoms with Gasteiger partial charge in [0.05, 0.1) is 31.9 Å². The van der Waals surface area contributed by atoms with E-state index in [9.17, 15) is 9.59 Å². The van der Waals surface area contributed by atoms with Crippen molar-refractivity contribution in [3.8, 4) is 11.8 Å². The molecule has 2 saturated carbocycles. The second-order valence-corrected chi connectivity index (χ2v) is 17.8. The summed E-state index contributed by atoms with van der Waals surface area (Å²) in [4.78, 5) is 39.1. The Bertz CT molecular complexity index is 1710. The van der Waals surface area contributed by atoms with Crippen molar-refractivity contribution in [1.82, 2.24) is 19.6 Å². The van der Waals surface area contributed by atoms with Gasteiger partial charge in [-0.05, 0) is 163 Å². The largest absolute Gasteiger partial charge is 0.465 e. The number of rotatable bonds is 11. The van der Waals surface area contributed by atoms with Crippen LogP contribution >= 0.6 is 15.9 Å². The van der Waals surface area contributed by atoms with E-state index in [1.54, 1.807) is 0 Å². The first-order valence-electron chi connectivity index (χ1n) is 21.6. The van der Waals surface area contributed by atoms with Crippen LogP contribution in [0.1, 0.15) is 109 Å². The summed E-state index contributed by atoms with van der Waals surface area (Å²) in [6.45, 7) is 15.5. The molecule has 58 heavy (non-hydrogen) atoms. The molecule has 2 aromatic carbocycles. The third kappa shape index (κ3) is 12.7. The van der Waals surface area contributed by atoms with Crippen molar-refractivity contribution in [2.45, 2.75) is 110 Å². The topological polar surface area (TPSA) is 72.0 Å². The molecule has 1 heterocycles. The zero-order valence-electron chi connectivity index (χ0n) is 37.6. The van der Waals surface area contributed by atoms with Crippen LogP contribution in [0.4, 0.5) is 11.4 Å². The number of hydrogen-bond acceptors (Lipinski definition) is 10. The fourth-order valence-electron chi connectivity index (χ4n) is 9.21. The average molecular weight is 866 g/mol. The van der Waals surface area contributed by atoms with Crippen LogP contribution in [0.2, 0.25) is 0 Å². The van der Waals surface area contributed by atoms with E-state index in [1.807, 2.05) is 26.0 Å². The summed E-state index contributed by atoms with van der Waals surface area (Å²) in [5, 5.41) is 0. The Labute approximate surface area is 359 Å². The molecule has 0 N–H and O–H groups in total. The van der Waals surface area contributed by atoms with E-state index in [1.165, 1.54) is 72.0 Å². The summed E-state index contributed by atoms with van der Waals surface area (Å²) in [6, 6.07) is 10.4. The van der Waals surface area contributed by atoms with E-state index < -0.39 is 0 Å². The molecule has 10 nitrogen and oxygen atoms in total. The van der Waals surface area contributed by atoms with E-state index in [4.69, 9.17) is 9.47 Å². The van der Waals surface area contributed by atoms with Crippen molar-refractivity contribution in [2.24, 2.45) is 0 Å². The molecule has 1 saturated heterocycles. The lowest BCUT2D eigenvalue weighted by Gasteiger charge is -2.40. The highest BCUT2D eigenvalue weighted by molar-refractivity contribution is 9.10. The van der Waals surface area contributed by atoms with Crippen LogP contribution in [-0.4, -0.2) is 151 Å². The lowest BCUT2D eigenvalue weighted by atomic mass is 9.88. The lowest BCUT2D eigenvalue weighted by molar-refractivity contribution is 0.0591. The number of likely N-dealkylation sites (N-methyl/N-ethyl adjacent to an activating group) is 1. The summed E-state index contributed by atoms with van der Waals surface area (Å²) in [5.41, 5.74) is 6.42. The minimum Gasteiger partial charge on any atom is -0.465 e. The van der Waals surface area contributed by atoms with Crippen LogP contribution in [0.25, 0.3) is 0 Å². The SMILES string of the molecule is CCN(c1cc(Br)cc(C(=O)OC)c1C)C1CCC(N(C)C)CC1.CCN(c1cc(C#CCN2CCCN(C)CC2)cc(C(=O)OC)c1C)C1CCC(N(C)C)CC1. The molecule has 0 unspecified atom stereocenters. The molecule has 0 spiro atoms. The zero-order valence-corrected chi connectivity index (χ0v) is 39.2. The second kappa shape index (κ2) is 23.0. The monoisotopic (exact) mass is 864 g/mol. The smallest absolute Gasteiger partial charge is 0.338 e. The molecule has 5 rings (SSSR count). The summed E-state index contributed by atoms with van der Waals surface area (Å²) in [6.07, 6.45) is 10.8. The quantitative estimate of drug-likeness (QED) is 0.166. The number of carbonyl (C=O) groups excluding carboxylic acids is 2. The molecule has 0 amide bonds. The van der Waals surface area contributed by atoms with Crippen LogP contribution in [0.3, 0.4) is 0 Å². The molecule has 11 heteroatoms. The number of halogens is 1. The molecule has 3 fully saturated rings. The van der Waals surface area contributed by atoms with Gasteiger partial charge in [0.15, 0.2) is 0 Å². The summed E-state index contributed by atoms with van der Waals surface area (Å²) < 4.78 is 11.0. The average Bonchev–Trinajstić information content (AvgIpc) is 3.43. The minimum atomic E-state index is -0.287. The van der Waals surface area contributed by atoms with Gasteiger partial charge in [-0.15, -0.1) is 0 Å². The molecule has 2 aliphatic carbocycles. The van der Waals surface area contributed by atoms with Gasteiger partial charge >= 0.3 is 11.9 Å². The fraction of sp³-hybridized carbons (Fsp3) is 0.660. The van der Waals surface area contributed by atoms with Gasteiger partial charge in [0.25, 0.3) is 0 Å². The number of methoxy groups -OCH3 is 2. The number of nitrogens with zero attached hydrogens (tertiary/aromatic N) is 6. The van der Waals surface area contributed by atoms with Gasteiger partial charge in [-0.3, -0.25) is 4.90 Å². The van der Waals surface area contributed by atoms with Crippen molar-refractivity contribution in [3.05, 3.63) is 56.6 Å². The minimum absolute atomic E-state index is 0.276. The first-order valence-corrected chi connectivity index (χ1v) is 22.4. The molecular weight excluding hydrogens is 792 g/mol. The number of esters is 2. The molecule has 0 atom stereocenters. The Morgan fingerprint density at radius 1 is 0.690 bits per heavy atom. The third-order valence-corrected chi connectivity index (χ3v) is 13.3. The lowest BCUT2D eigenvalue weighted by Crippen LogP contribution is -2.42. The highest BCUT2D eigenvalue weighted by Crippen LogP contribution is 2.35. The first kappa shape index (κ1) is 47.5. The predicted octanol–water partition coefficient (Wildman–Crippen LogP) is 7.71. The van der Waals surface area contributed by atoms with Gasteiger partial charge in [-0.1, -0.05) is 27.8 Å². The molecule has 0 aromatic heterocycles. The number of benzene rings is 2. The molecule has 1 aliphatic heterocycles. The Morgan fingerprint density at radius 2 is 1.16 bits per heavy atom. The molecule has 322 valence electrons. The number of anilines is 2. The van der Waals surface area contributed by atoms with Crippen molar-refractivity contribution >= 4 is 39.2 Å². The van der Waals surface area contributed by atoms with Crippen LogP contribution < -0.4 is 9.80 Å². The molecule has 2 aromatic rings. The highest BCUT2D eigenvalue weighted by atomic mass is 79.9. The Kier molecular flexibility index (Phi) is 18.9. The van der Waals surface area contributed by atoms with Crippen LogP contribution in [0, 0.1) is 25.7 Å². The zero-order chi connectivity index (χ0) is 42.5. The van der Waals surface area contributed by atoms with Crippen LogP contribution in [0.15, 0.2) is 28.7 Å².